The number of hydrogen-bond acceptors (Lipinski definition) is 11. The highest BCUT2D eigenvalue weighted by Gasteiger charge is 2.22. The first-order chi connectivity index (χ1) is 22.8. The lowest BCUT2D eigenvalue weighted by atomic mass is 9.99. The lowest BCUT2D eigenvalue weighted by Crippen LogP contribution is -2.42. The molecule has 11 nitrogen and oxygen atoms in total. The fourth-order valence-electron chi connectivity index (χ4n) is 4.26. The van der Waals surface area contributed by atoms with Gasteiger partial charge in [0.25, 0.3) is 0 Å². The quantitative estimate of drug-likeness (QED) is 0.0549. The molecule has 0 bridgehead atoms. The molecule has 0 aliphatic rings. The zero-order chi connectivity index (χ0) is 33.8. The lowest BCUT2D eigenvalue weighted by molar-refractivity contribution is -0.147. The number of nitrogens with one attached hydrogen (secondary N) is 2. The number of thiazole rings is 1. The van der Waals surface area contributed by atoms with Crippen LogP contribution in [0.4, 0.5) is 11.5 Å². The molecule has 0 spiro atoms. The molecule has 2 aromatic heterocycles. The predicted octanol–water partition coefficient (Wildman–Crippen LogP) is 6.45. The summed E-state index contributed by atoms with van der Waals surface area (Å²) < 4.78 is 10.9. The molecule has 0 aliphatic heterocycles. The van der Waals surface area contributed by atoms with E-state index in [0.717, 1.165) is 22.7 Å². The zero-order valence-electron chi connectivity index (χ0n) is 25.7. The van der Waals surface area contributed by atoms with Crippen molar-refractivity contribution in [2.24, 2.45) is 5.73 Å². The van der Waals surface area contributed by atoms with Crippen LogP contribution in [0.15, 0.2) is 58.9 Å². The average molecular weight is 690 g/mol. The topological polar surface area (TPSA) is 157 Å². The Morgan fingerprint density at radius 2 is 1.87 bits per heavy atom. The molecular weight excluding hydrogens is 658 g/mol. The Labute approximate surface area is 286 Å². The Morgan fingerprint density at radius 1 is 1.15 bits per heavy atom. The number of nitrogens with two attached hydrogens (primary N) is 1. The van der Waals surface area contributed by atoms with Crippen LogP contribution in [0, 0.1) is 17.9 Å². The summed E-state index contributed by atoms with van der Waals surface area (Å²) in [6.45, 7) is 11.9. The summed E-state index contributed by atoms with van der Waals surface area (Å²) >= 11 is 8.94. The third-order valence-electron chi connectivity index (χ3n) is 6.56. The van der Waals surface area contributed by atoms with Crippen molar-refractivity contribution in [3.05, 3.63) is 81.6 Å². The number of pyridine rings is 1. The minimum Gasteiger partial charge on any atom is -0.490 e. The van der Waals surface area contributed by atoms with E-state index in [2.05, 4.69) is 21.5 Å². The van der Waals surface area contributed by atoms with E-state index in [1.165, 1.54) is 30.0 Å². The molecule has 0 saturated heterocycles. The molecule has 2 heterocycles. The van der Waals surface area contributed by atoms with Gasteiger partial charge in [0.05, 0.1) is 24.4 Å². The van der Waals surface area contributed by atoms with Gasteiger partial charge in [-0.1, -0.05) is 54.6 Å². The highest BCUT2D eigenvalue weighted by atomic mass is 35.5. The van der Waals surface area contributed by atoms with E-state index < -0.39 is 17.9 Å². The first-order valence-electron chi connectivity index (χ1n) is 14.6. The molecule has 4 rings (SSSR count). The number of aromatic nitrogens is 2. The Balaban J connectivity index is 1.51. The van der Waals surface area contributed by atoms with Crippen molar-refractivity contribution in [3.63, 3.8) is 0 Å². The van der Waals surface area contributed by atoms with Crippen molar-refractivity contribution in [2.75, 3.05) is 31.6 Å². The maximum absolute atomic E-state index is 12.0. The van der Waals surface area contributed by atoms with Gasteiger partial charge in [-0.3, -0.25) is 4.79 Å². The Morgan fingerprint density at radius 3 is 2.53 bits per heavy atom. The number of nitriles is 1. The number of rotatable bonds is 15. The molecule has 0 fully saturated rings. The number of esters is 1. The van der Waals surface area contributed by atoms with Gasteiger partial charge in [-0.25, -0.2) is 19.6 Å². The Kier molecular flexibility index (Phi) is 13.0. The van der Waals surface area contributed by atoms with E-state index in [1.807, 2.05) is 36.6 Å². The SMILES string of the molecule is [C-]#[N+]c1c(NCCC)nc(SCc2csc(-c3ccc(Cl)cc3)n2)c(C#N)c1-c1ccc(OCCOC(=O)[C@H](C)NC(=O)CN)cc1. The number of thioether (sulfide) groups is 1. The largest absolute Gasteiger partial charge is 0.490 e. The molecule has 0 radical (unpaired) electrons. The molecular formula is C33H32ClN7O4S2. The van der Waals surface area contributed by atoms with Crippen molar-refractivity contribution in [3.8, 4) is 33.5 Å². The van der Waals surface area contributed by atoms with E-state index >= 15 is 0 Å². The van der Waals surface area contributed by atoms with Crippen LogP contribution < -0.4 is 21.1 Å². The van der Waals surface area contributed by atoms with Crippen molar-refractivity contribution < 1.29 is 19.1 Å². The molecule has 4 N–H and O–H groups in total. The van der Waals surface area contributed by atoms with E-state index in [0.29, 0.717) is 50.6 Å². The summed E-state index contributed by atoms with van der Waals surface area (Å²) in [7, 11) is 0. The highest BCUT2D eigenvalue weighted by molar-refractivity contribution is 7.98. The summed E-state index contributed by atoms with van der Waals surface area (Å²) in [5.74, 6) is 0.341. The molecule has 47 heavy (non-hydrogen) atoms. The number of hydrogen-bond donors (Lipinski definition) is 3. The van der Waals surface area contributed by atoms with E-state index in [9.17, 15) is 14.9 Å². The Bertz CT molecular complexity index is 1780. The van der Waals surface area contributed by atoms with Crippen molar-refractivity contribution in [1.82, 2.24) is 15.3 Å². The number of carbonyl (C=O) groups is 2. The van der Waals surface area contributed by atoms with Gasteiger partial charge in [0.2, 0.25) is 11.6 Å². The van der Waals surface area contributed by atoms with Gasteiger partial charge in [0.15, 0.2) is 0 Å². The molecule has 0 saturated carbocycles. The Hall–Kier alpha value is -4.66. The number of halogens is 1. The maximum Gasteiger partial charge on any atom is 0.328 e. The molecule has 1 atom stereocenters. The maximum atomic E-state index is 12.0. The van der Waals surface area contributed by atoms with Crippen molar-refractivity contribution in [1.29, 1.82) is 5.26 Å². The number of carbonyl (C=O) groups excluding carboxylic acids is 2. The number of benzene rings is 2. The van der Waals surface area contributed by atoms with Gasteiger partial charge in [-0.2, -0.15) is 5.26 Å². The van der Waals surface area contributed by atoms with Crippen LogP contribution in [0.25, 0.3) is 26.5 Å². The molecule has 2 aromatic carbocycles. The number of anilines is 1. The second-order valence-electron chi connectivity index (χ2n) is 9.99. The summed E-state index contributed by atoms with van der Waals surface area (Å²) in [4.78, 5) is 36.7. The number of nitrogens with zero attached hydrogens (tertiary/aromatic N) is 4. The minimum absolute atomic E-state index is 0.0263. The van der Waals surface area contributed by atoms with Gasteiger partial charge < -0.3 is 25.8 Å². The van der Waals surface area contributed by atoms with Gasteiger partial charge in [-0.15, -0.1) is 11.3 Å². The van der Waals surface area contributed by atoms with Gasteiger partial charge >= 0.3 is 5.97 Å². The second kappa shape index (κ2) is 17.3. The smallest absolute Gasteiger partial charge is 0.328 e. The van der Waals surface area contributed by atoms with Crippen LogP contribution in [0.5, 0.6) is 5.75 Å². The van der Waals surface area contributed by atoms with E-state index in [1.54, 1.807) is 24.3 Å². The van der Waals surface area contributed by atoms with Crippen LogP contribution in [0.2, 0.25) is 5.02 Å². The van der Waals surface area contributed by atoms with E-state index in [-0.39, 0.29) is 25.4 Å². The fourth-order valence-corrected chi connectivity index (χ4v) is 6.20. The molecule has 14 heteroatoms. The van der Waals surface area contributed by atoms with Crippen LogP contribution in [-0.4, -0.2) is 54.2 Å². The summed E-state index contributed by atoms with van der Waals surface area (Å²) in [6.07, 6.45) is 0.825. The van der Waals surface area contributed by atoms with Crippen LogP contribution in [-0.2, 0) is 20.1 Å². The van der Waals surface area contributed by atoms with Gasteiger partial charge in [0, 0.05) is 33.8 Å². The van der Waals surface area contributed by atoms with Crippen molar-refractivity contribution >= 4 is 58.1 Å². The molecule has 0 unspecified atom stereocenters. The standard InChI is InChI=1S/C33H32ClN7O4S2/c1-4-13-38-30-29(37-3)28(21-7-11-25(12-8-21)44-14-15-45-33(43)20(2)39-27(42)17-36)26(16-35)32(41-30)47-19-24-18-46-31(40-24)22-5-9-23(34)10-6-22/h5-12,18,20H,4,13-15,17,19,36H2,1-2H3,(H,38,41)(H,39,42)/t20-/m0/s1. The summed E-state index contributed by atoms with van der Waals surface area (Å²) in [6, 6.07) is 15.9. The molecule has 4 aromatic rings. The van der Waals surface area contributed by atoms with E-state index in [4.69, 9.17) is 43.3 Å². The van der Waals surface area contributed by atoms with Gasteiger partial charge in [-0.05, 0) is 43.2 Å². The van der Waals surface area contributed by atoms with Crippen molar-refractivity contribution in [2.45, 2.75) is 37.1 Å². The monoisotopic (exact) mass is 689 g/mol. The molecule has 1 amide bonds. The fraction of sp³-hybridized carbons (Fsp3) is 0.273. The van der Waals surface area contributed by atoms with Crippen LogP contribution in [0.3, 0.4) is 0 Å². The first kappa shape index (κ1) is 35.2. The zero-order valence-corrected chi connectivity index (χ0v) is 28.1. The second-order valence-corrected chi connectivity index (χ2v) is 12.2. The predicted molar refractivity (Wildman–Crippen MR) is 185 cm³/mol. The first-order valence-corrected chi connectivity index (χ1v) is 16.8. The van der Waals surface area contributed by atoms with Gasteiger partial charge in [0.1, 0.15) is 46.9 Å². The third-order valence-corrected chi connectivity index (χ3v) is 8.76. The average Bonchev–Trinajstić information content (AvgIpc) is 3.57. The molecule has 242 valence electrons. The van der Waals surface area contributed by atoms with Crippen LogP contribution >= 0.6 is 34.7 Å². The lowest BCUT2D eigenvalue weighted by Gasteiger charge is -2.16. The van der Waals surface area contributed by atoms with Crippen LogP contribution in [0.1, 0.15) is 31.5 Å². The number of ether oxygens (including phenoxy) is 2. The third kappa shape index (κ3) is 9.44. The normalized spacial score (nSPS) is 11.2. The summed E-state index contributed by atoms with van der Waals surface area (Å²) in [5, 5.41) is 20.0. The minimum atomic E-state index is -0.829. The summed E-state index contributed by atoms with van der Waals surface area (Å²) in [5.41, 5.74) is 8.75. The highest BCUT2D eigenvalue weighted by Crippen LogP contribution is 2.43. The molecule has 0 aliphatic carbocycles. The number of amides is 1.